The van der Waals surface area contributed by atoms with Crippen molar-refractivity contribution in [3.63, 3.8) is 0 Å². The van der Waals surface area contributed by atoms with Crippen LogP contribution in [0.3, 0.4) is 0 Å². The van der Waals surface area contributed by atoms with Gasteiger partial charge in [-0.2, -0.15) is 0 Å². The van der Waals surface area contributed by atoms with Crippen LogP contribution in [0.25, 0.3) is 0 Å². The summed E-state index contributed by atoms with van der Waals surface area (Å²) in [5.74, 6) is 1.38. The summed E-state index contributed by atoms with van der Waals surface area (Å²) in [4.78, 5) is 0. The van der Waals surface area contributed by atoms with Gasteiger partial charge in [-0.05, 0) is 55.9 Å². The average molecular weight is 253 g/mol. The van der Waals surface area contributed by atoms with E-state index in [9.17, 15) is 0 Å². The van der Waals surface area contributed by atoms with E-state index in [0.717, 1.165) is 28.3 Å². The zero-order chi connectivity index (χ0) is 13.0. The number of benzene rings is 1. The fraction of sp³-hybridized carbons (Fsp3) is 0.467. The lowest BCUT2D eigenvalue weighted by atomic mass is 9.95. The molecule has 0 saturated heterocycles. The molecule has 0 aliphatic rings. The van der Waals surface area contributed by atoms with E-state index in [4.69, 9.17) is 16.3 Å². The number of hydrogen-bond acceptors (Lipinski definition) is 1. The van der Waals surface area contributed by atoms with Gasteiger partial charge in [-0.25, -0.2) is 0 Å². The minimum Gasteiger partial charge on any atom is -0.494 e. The summed E-state index contributed by atoms with van der Waals surface area (Å²) in [5.41, 5.74) is 3.40. The fourth-order valence-electron chi connectivity index (χ4n) is 1.90. The molecule has 0 amide bonds. The predicted octanol–water partition coefficient (Wildman–Crippen LogP) is 4.72. The molecule has 0 radical (unpaired) electrons. The van der Waals surface area contributed by atoms with Crippen molar-refractivity contribution in [2.45, 2.75) is 34.1 Å². The van der Waals surface area contributed by atoms with E-state index < -0.39 is 0 Å². The van der Waals surface area contributed by atoms with E-state index in [0.29, 0.717) is 12.5 Å². The van der Waals surface area contributed by atoms with E-state index in [2.05, 4.69) is 20.4 Å². The van der Waals surface area contributed by atoms with Crippen LogP contribution in [0.5, 0.6) is 5.75 Å². The average Bonchev–Trinajstić information content (AvgIpc) is 2.31. The molecule has 1 aromatic carbocycles. The summed E-state index contributed by atoms with van der Waals surface area (Å²) >= 11 is 6.30. The largest absolute Gasteiger partial charge is 0.494 e. The SMILES string of the molecule is C=CC(C)Cc1c(OCC)cc(C)c(Cl)c1C. The molecule has 0 heterocycles. The molecular weight excluding hydrogens is 232 g/mol. The van der Waals surface area contributed by atoms with Gasteiger partial charge in [-0.3, -0.25) is 0 Å². The number of hydrogen-bond donors (Lipinski definition) is 0. The molecule has 0 aliphatic heterocycles. The first-order chi connectivity index (χ1) is 8.01. The van der Waals surface area contributed by atoms with Crippen molar-refractivity contribution in [2.24, 2.45) is 5.92 Å². The second-order valence-corrected chi connectivity index (χ2v) is 4.84. The van der Waals surface area contributed by atoms with Gasteiger partial charge in [0.05, 0.1) is 6.61 Å². The van der Waals surface area contributed by atoms with Gasteiger partial charge in [-0.15, -0.1) is 6.58 Å². The molecule has 1 rings (SSSR count). The lowest BCUT2D eigenvalue weighted by Crippen LogP contribution is -2.04. The Bertz CT molecular complexity index is 410. The molecule has 0 fully saturated rings. The Morgan fingerprint density at radius 3 is 2.65 bits per heavy atom. The van der Waals surface area contributed by atoms with Crippen molar-refractivity contribution in [3.8, 4) is 5.75 Å². The van der Waals surface area contributed by atoms with Crippen LogP contribution in [-0.2, 0) is 6.42 Å². The van der Waals surface area contributed by atoms with Crippen LogP contribution in [0.2, 0.25) is 5.02 Å². The summed E-state index contributed by atoms with van der Waals surface area (Å²) in [5, 5.41) is 0.847. The third kappa shape index (κ3) is 3.26. The summed E-state index contributed by atoms with van der Waals surface area (Å²) in [6.07, 6.45) is 2.88. The van der Waals surface area contributed by atoms with Gasteiger partial charge < -0.3 is 4.74 Å². The van der Waals surface area contributed by atoms with E-state index >= 15 is 0 Å². The Balaban J connectivity index is 3.22. The first kappa shape index (κ1) is 14.1. The fourth-order valence-corrected chi connectivity index (χ4v) is 2.07. The van der Waals surface area contributed by atoms with E-state index in [1.54, 1.807) is 0 Å². The second-order valence-electron chi connectivity index (χ2n) is 4.46. The maximum absolute atomic E-state index is 6.30. The van der Waals surface area contributed by atoms with Crippen molar-refractivity contribution < 1.29 is 4.74 Å². The van der Waals surface area contributed by atoms with E-state index in [1.165, 1.54) is 5.56 Å². The molecule has 0 bridgehead atoms. The predicted molar refractivity (Wildman–Crippen MR) is 75.2 cm³/mol. The van der Waals surface area contributed by atoms with E-state index in [-0.39, 0.29) is 0 Å². The van der Waals surface area contributed by atoms with Crippen LogP contribution in [0.1, 0.15) is 30.5 Å². The van der Waals surface area contributed by atoms with Crippen molar-refractivity contribution in [1.29, 1.82) is 0 Å². The van der Waals surface area contributed by atoms with Crippen LogP contribution in [0.15, 0.2) is 18.7 Å². The zero-order valence-corrected chi connectivity index (χ0v) is 11.9. The molecule has 1 nitrogen and oxygen atoms in total. The molecule has 1 atom stereocenters. The van der Waals surface area contributed by atoms with Crippen LogP contribution in [-0.4, -0.2) is 6.61 Å². The first-order valence-corrected chi connectivity index (χ1v) is 6.42. The van der Waals surface area contributed by atoms with Crippen LogP contribution in [0, 0.1) is 19.8 Å². The standard InChI is InChI=1S/C15H21ClO/c1-6-10(3)8-13-12(5)15(16)11(4)9-14(13)17-7-2/h6,9-10H,1,7-8H2,2-5H3. The normalized spacial score (nSPS) is 12.3. The van der Waals surface area contributed by atoms with Crippen LogP contribution in [0.4, 0.5) is 0 Å². The molecule has 2 heteroatoms. The van der Waals surface area contributed by atoms with Crippen molar-refractivity contribution >= 4 is 11.6 Å². The van der Waals surface area contributed by atoms with Gasteiger partial charge in [0.1, 0.15) is 5.75 Å². The highest BCUT2D eigenvalue weighted by atomic mass is 35.5. The molecule has 17 heavy (non-hydrogen) atoms. The Hall–Kier alpha value is -0.950. The summed E-state index contributed by atoms with van der Waals surface area (Å²) < 4.78 is 5.71. The zero-order valence-electron chi connectivity index (χ0n) is 11.1. The number of allylic oxidation sites excluding steroid dienone is 1. The highest BCUT2D eigenvalue weighted by molar-refractivity contribution is 6.32. The number of halogens is 1. The molecular formula is C15H21ClO. The number of rotatable bonds is 5. The lowest BCUT2D eigenvalue weighted by molar-refractivity contribution is 0.335. The monoisotopic (exact) mass is 252 g/mol. The minimum atomic E-state index is 0.423. The first-order valence-electron chi connectivity index (χ1n) is 6.05. The molecule has 0 aliphatic carbocycles. The third-order valence-electron chi connectivity index (χ3n) is 3.00. The molecule has 0 N–H and O–H groups in total. The quantitative estimate of drug-likeness (QED) is 0.689. The maximum atomic E-state index is 6.30. The highest BCUT2D eigenvalue weighted by Gasteiger charge is 2.14. The Morgan fingerprint density at radius 2 is 2.12 bits per heavy atom. The third-order valence-corrected chi connectivity index (χ3v) is 3.58. The van der Waals surface area contributed by atoms with Gasteiger partial charge in [-0.1, -0.05) is 24.6 Å². The summed E-state index contributed by atoms with van der Waals surface area (Å²) in [6, 6.07) is 2.03. The van der Waals surface area contributed by atoms with Crippen LogP contribution >= 0.6 is 11.6 Å². The number of aryl methyl sites for hydroxylation is 1. The highest BCUT2D eigenvalue weighted by Crippen LogP contribution is 2.33. The smallest absolute Gasteiger partial charge is 0.123 e. The van der Waals surface area contributed by atoms with Crippen molar-refractivity contribution in [2.75, 3.05) is 6.61 Å². The van der Waals surface area contributed by atoms with Gasteiger partial charge in [0, 0.05) is 5.02 Å². The molecule has 1 unspecified atom stereocenters. The molecule has 0 saturated carbocycles. The minimum absolute atomic E-state index is 0.423. The van der Waals surface area contributed by atoms with Crippen molar-refractivity contribution in [3.05, 3.63) is 40.4 Å². The summed E-state index contributed by atoms with van der Waals surface area (Å²) in [6.45, 7) is 12.7. The Labute approximate surface area is 109 Å². The Morgan fingerprint density at radius 1 is 1.47 bits per heavy atom. The van der Waals surface area contributed by atoms with Crippen molar-refractivity contribution in [1.82, 2.24) is 0 Å². The lowest BCUT2D eigenvalue weighted by Gasteiger charge is -2.17. The topological polar surface area (TPSA) is 9.23 Å². The van der Waals surface area contributed by atoms with E-state index in [1.807, 2.05) is 26.0 Å². The van der Waals surface area contributed by atoms with Gasteiger partial charge in [0.15, 0.2) is 0 Å². The second kappa shape index (κ2) is 6.11. The number of ether oxygens (including phenoxy) is 1. The molecule has 0 aromatic heterocycles. The van der Waals surface area contributed by atoms with Gasteiger partial charge in [0.25, 0.3) is 0 Å². The molecule has 0 spiro atoms. The van der Waals surface area contributed by atoms with Gasteiger partial charge >= 0.3 is 0 Å². The summed E-state index contributed by atoms with van der Waals surface area (Å²) in [7, 11) is 0. The maximum Gasteiger partial charge on any atom is 0.123 e. The van der Waals surface area contributed by atoms with Gasteiger partial charge in [0.2, 0.25) is 0 Å². The Kier molecular flexibility index (Phi) is 5.07. The molecule has 94 valence electrons. The molecule has 1 aromatic rings. The van der Waals surface area contributed by atoms with Crippen LogP contribution < -0.4 is 4.74 Å².